The standard InChI is InChI=1S/C16H11ClN4S2/c17-13-2-1-12(23-13)14-9(5-18)15(21)16(7-19,8-20)11-3-4-22-6-10(11)14/h1-3,10,14H,4,6,21H2/t10-,14-/m1/s1. The second-order valence-electron chi connectivity index (χ2n) is 5.34. The van der Waals surface area contributed by atoms with Gasteiger partial charge >= 0.3 is 0 Å². The molecule has 1 aliphatic carbocycles. The van der Waals surface area contributed by atoms with Gasteiger partial charge in [-0.05, 0) is 17.7 Å². The van der Waals surface area contributed by atoms with Crippen molar-refractivity contribution in [3.05, 3.63) is 44.3 Å². The number of hydrogen-bond donors (Lipinski definition) is 1. The van der Waals surface area contributed by atoms with Crippen LogP contribution in [0.25, 0.3) is 0 Å². The fourth-order valence-electron chi connectivity index (χ4n) is 3.26. The molecule has 3 rings (SSSR count). The van der Waals surface area contributed by atoms with Crippen molar-refractivity contribution >= 4 is 34.7 Å². The summed E-state index contributed by atoms with van der Waals surface area (Å²) in [4.78, 5) is 0.942. The molecule has 2 N–H and O–H groups in total. The van der Waals surface area contributed by atoms with E-state index in [0.717, 1.165) is 22.0 Å². The molecule has 2 aliphatic rings. The Bertz CT molecular complexity index is 833. The minimum Gasteiger partial charge on any atom is -0.399 e. The highest BCUT2D eigenvalue weighted by Crippen LogP contribution is 2.54. The van der Waals surface area contributed by atoms with Crippen LogP contribution < -0.4 is 5.73 Å². The Morgan fingerprint density at radius 1 is 1.26 bits per heavy atom. The molecule has 1 aromatic rings. The highest BCUT2D eigenvalue weighted by molar-refractivity contribution is 7.99. The lowest BCUT2D eigenvalue weighted by Gasteiger charge is -2.41. The molecule has 7 heteroatoms. The van der Waals surface area contributed by atoms with Crippen molar-refractivity contribution in [2.24, 2.45) is 17.1 Å². The van der Waals surface area contributed by atoms with Crippen LogP contribution in [0.4, 0.5) is 0 Å². The van der Waals surface area contributed by atoms with E-state index in [0.29, 0.717) is 9.91 Å². The monoisotopic (exact) mass is 358 g/mol. The molecule has 0 spiro atoms. The minimum absolute atomic E-state index is 0.0638. The molecule has 2 atom stereocenters. The summed E-state index contributed by atoms with van der Waals surface area (Å²) in [6.07, 6.45) is 1.93. The summed E-state index contributed by atoms with van der Waals surface area (Å²) in [5, 5.41) is 29.0. The summed E-state index contributed by atoms with van der Waals surface area (Å²) in [6.45, 7) is 0. The number of rotatable bonds is 1. The van der Waals surface area contributed by atoms with Gasteiger partial charge in [0.15, 0.2) is 0 Å². The van der Waals surface area contributed by atoms with Crippen LogP contribution in [0.5, 0.6) is 0 Å². The normalized spacial score (nSPS) is 25.6. The summed E-state index contributed by atoms with van der Waals surface area (Å²) in [6, 6.07) is 9.96. The fraction of sp³-hybridized carbons (Fsp3) is 0.312. The quantitative estimate of drug-likeness (QED) is 0.774. The van der Waals surface area contributed by atoms with Gasteiger partial charge in [0.05, 0.1) is 33.8 Å². The van der Waals surface area contributed by atoms with Crippen molar-refractivity contribution in [3.63, 3.8) is 0 Å². The predicted molar refractivity (Wildman–Crippen MR) is 91.5 cm³/mol. The lowest BCUT2D eigenvalue weighted by molar-refractivity contribution is 0.480. The molecule has 0 aromatic carbocycles. The number of hydrogen-bond acceptors (Lipinski definition) is 6. The van der Waals surface area contributed by atoms with Crippen LogP contribution in [0.3, 0.4) is 0 Å². The van der Waals surface area contributed by atoms with Crippen LogP contribution in [-0.2, 0) is 0 Å². The van der Waals surface area contributed by atoms with Gasteiger partial charge in [-0.3, -0.25) is 0 Å². The van der Waals surface area contributed by atoms with E-state index in [1.807, 2.05) is 12.1 Å². The van der Waals surface area contributed by atoms with Crippen molar-refractivity contribution in [1.82, 2.24) is 0 Å². The average molecular weight is 359 g/mol. The summed E-state index contributed by atoms with van der Waals surface area (Å²) in [7, 11) is 0. The van der Waals surface area contributed by atoms with Gasteiger partial charge in [0.25, 0.3) is 0 Å². The van der Waals surface area contributed by atoms with Crippen LogP contribution >= 0.6 is 34.7 Å². The number of nitrogens with two attached hydrogens (primary N) is 1. The molecule has 2 heterocycles. The first kappa shape index (κ1) is 16.0. The average Bonchev–Trinajstić information content (AvgIpc) is 3.00. The van der Waals surface area contributed by atoms with E-state index in [-0.39, 0.29) is 17.5 Å². The molecule has 114 valence electrons. The zero-order valence-corrected chi connectivity index (χ0v) is 14.3. The molecule has 0 bridgehead atoms. The second kappa shape index (κ2) is 5.95. The number of allylic oxidation sites excluding steroid dienone is 2. The first-order valence-corrected chi connectivity index (χ1v) is 9.20. The van der Waals surface area contributed by atoms with E-state index in [4.69, 9.17) is 17.3 Å². The van der Waals surface area contributed by atoms with Gasteiger partial charge in [-0.2, -0.15) is 27.5 Å². The second-order valence-corrected chi connectivity index (χ2v) is 8.16. The van der Waals surface area contributed by atoms with Crippen LogP contribution in [0.15, 0.2) is 35.1 Å². The van der Waals surface area contributed by atoms with Gasteiger partial charge in [-0.25, -0.2) is 0 Å². The number of thioether (sulfide) groups is 1. The van der Waals surface area contributed by atoms with Crippen molar-refractivity contribution in [1.29, 1.82) is 15.8 Å². The molecule has 4 nitrogen and oxygen atoms in total. The molecule has 0 unspecified atom stereocenters. The van der Waals surface area contributed by atoms with Crippen LogP contribution in [-0.4, -0.2) is 11.5 Å². The minimum atomic E-state index is -1.53. The summed E-state index contributed by atoms with van der Waals surface area (Å²) in [5.41, 5.74) is 5.74. The van der Waals surface area contributed by atoms with Crippen LogP contribution in [0.2, 0.25) is 4.34 Å². The third kappa shape index (κ3) is 2.25. The Labute approximate surface area is 147 Å². The van der Waals surface area contributed by atoms with E-state index in [9.17, 15) is 15.8 Å². The van der Waals surface area contributed by atoms with E-state index >= 15 is 0 Å². The molecule has 1 aromatic heterocycles. The zero-order chi connectivity index (χ0) is 16.6. The maximum Gasteiger partial charge on any atom is 0.204 e. The van der Waals surface area contributed by atoms with Crippen molar-refractivity contribution < 1.29 is 0 Å². The first-order valence-electron chi connectivity index (χ1n) is 6.85. The first-order chi connectivity index (χ1) is 11.1. The van der Waals surface area contributed by atoms with Crippen LogP contribution in [0.1, 0.15) is 10.8 Å². The summed E-state index contributed by atoms with van der Waals surface area (Å²) >= 11 is 9.19. The maximum atomic E-state index is 9.66. The van der Waals surface area contributed by atoms with E-state index in [2.05, 4.69) is 18.2 Å². The SMILES string of the molecule is N#CC1=C(N)C(C#N)(C#N)C2=CCSC[C@H]2[C@@H]1c1ccc(Cl)s1. The number of nitriles is 3. The highest BCUT2D eigenvalue weighted by Gasteiger charge is 2.52. The van der Waals surface area contributed by atoms with Crippen molar-refractivity contribution in [2.45, 2.75) is 5.92 Å². The molecule has 1 aliphatic heterocycles. The predicted octanol–water partition coefficient (Wildman–Crippen LogP) is 3.56. The Morgan fingerprint density at radius 2 is 2.00 bits per heavy atom. The number of halogens is 1. The maximum absolute atomic E-state index is 9.66. The van der Waals surface area contributed by atoms with Gasteiger partial charge in [0, 0.05) is 28.2 Å². The number of nitrogens with zero attached hydrogens (tertiary/aromatic N) is 3. The molecule has 0 radical (unpaired) electrons. The topological polar surface area (TPSA) is 97.4 Å². The third-order valence-corrected chi connectivity index (χ3v) is 6.63. The summed E-state index contributed by atoms with van der Waals surface area (Å²) in [5.74, 6) is 1.15. The van der Waals surface area contributed by atoms with Crippen LogP contribution in [0, 0.1) is 45.3 Å². The fourth-order valence-corrected chi connectivity index (χ4v) is 5.55. The molecule has 0 saturated heterocycles. The van der Waals surface area contributed by atoms with E-state index < -0.39 is 5.41 Å². The number of thiophene rings is 1. The Kier molecular flexibility index (Phi) is 4.13. The van der Waals surface area contributed by atoms with Crippen molar-refractivity contribution in [2.75, 3.05) is 11.5 Å². The Hall–Kier alpha value is -1.91. The molecule has 0 saturated carbocycles. The lowest BCUT2D eigenvalue weighted by Crippen LogP contribution is -2.41. The number of fused-ring (bicyclic) bond motifs is 1. The van der Waals surface area contributed by atoms with Gasteiger partial charge in [0.2, 0.25) is 5.41 Å². The molecular weight excluding hydrogens is 348 g/mol. The molecule has 0 amide bonds. The zero-order valence-electron chi connectivity index (χ0n) is 11.9. The lowest BCUT2D eigenvalue weighted by atomic mass is 9.62. The Balaban J connectivity index is 2.30. The van der Waals surface area contributed by atoms with E-state index in [1.165, 1.54) is 11.3 Å². The van der Waals surface area contributed by atoms with Gasteiger partial charge in [-0.1, -0.05) is 17.7 Å². The van der Waals surface area contributed by atoms with Gasteiger partial charge in [-0.15, -0.1) is 11.3 Å². The third-order valence-electron chi connectivity index (χ3n) is 4.31. The largest absolute Gasteiger partial charge is 0.399 e. The van der Waals surface area contributed by atoms with Crippen molar-refractivity contribution in [3.8, 4) is 18.2 Å². The molecule has 23 heavy (non-hydrogen) atoms. The summed E-state index contributed by atoms with van der Waals surface area (Å²) < 4.78 is 0.641. The molecular formula is C16H11ClN4S2. The van der Waals surface area contributed by atoms with Gasteiger partial charge < -0.3 is 5.73 Å². The smallest absolute Gasteiger partial charge is 0.204 e. The molecule has 0 fully saturated rings. The highest BCUT2D eigenvalue weighted by atomic mass is 35.5. The Morgan fingerprint density at radius 3 is 2.57 bits per heavy atom. The van der Waals surface area contributed by atoms with Gasteiger partial charge in [0.1, 0.15) is 0 Å². The van der Waals surface area contributed by atoms with E-state index in [1.54, 1.807) is 17.8 Å².